The number of hydrogen-bond acceptors (Lipinski definition) is 6. The second kappa shape index (κ2) is 6.57. The topological polar surface area (TPSA) is 85.0 Å². The van der Waals surface area contributed by atoms with E-state index < -0.39 is 0 Å². The van der Waals surface area contributed by atoms with E-state index in [1.165, 1.54) is 0 Å². The fraction of sp³-hybridized carbons (Fsp3) is 0.350. The number of rotatable bonds is 3. The minimum absolute atomic E-state index is 0.0307. The van der Waals surface area contributed by atoms with Crippen molar-refractivity contribution in [1.82, 2.24) is 25.0 Å². The van der Waals surface area contributed by atoms with Crippen molar-refractivity contribution in [3.8, 4) is 11.4 Å². The van der Waals surface area contributed by atoms with Crippen LogP contribution in [0.4, 0.5) is 0 Å². The molecule has 1 amide bonds. The summed E-state index contributed by atoms with van der Waals surface area (Å²) in [6.45, 7) is 0. The van der Waals surface area contributed by atoms with Crippen molar-refractivity contribution in [2.24, 2.45) is 0 Å². The van der Waals surface area contributed by atoms with Gasteiger partial charge in [0.2, 0.25) is 11.7 Å². The summed E-state index contributed by atoms with van der Waals surface area (Å²) in [5.74, 6) is 1.45. The van der Waals surface area contributed by atoms with Crippen LogP contribution in [0, 0.1) is 0 Å². The van der Waals surface area contributed by atoms with Crippen molar-refractivity contribution in [3.05, 3.63) is 60.5 Å². The van der Waals surface area contributed by atoms with Gasteiger partial charge in [-0.1, -0.05) is 11.2 Å². The van der Waals surface area contributed by atoms with Crippen LogP contribution >= 0.6 is 0 Å². The zero-order chi connectivity index (χ0) is 18.2. The molecule has 0 spiro atoms. The minimum Gasteiger partial charge on any atom is -0.339 e. The third-order valence-corrected chi connectivity index (χ3v) is 5.56. The van der Waals surface area contributed by atoms with Gasteiger partial charge in [-0.2, -0.15) is 4.98 Å². The summed E-state index contributed by atoms with van der Waals surface area (Å²) in [5, 5.41) is 4.12. The molecular formula is C20H19N5O2. The summed E-state index contributed by atoms with van der Waals surface area (Å²) in [6, 6.07) is 9.65. The summed E-state index contributed by atoms with van der Waals surface area (Å²) >= 11 is 0. The lowest BCUT2D eigenvalue weighted by Gasteiger charge is -2.37. The van der Waals surface area contributed by atoms with Crippen LogP contribution in [0.3, 0.4) is 0 Å². The summed E-state index contributed by atoms with van der Waals surface area (Å²) in [7, 11) is 0. The van der Waals surface area contributed by atoms with Gasteiger partial charge in [0.05, 0.1) is 0 Å². The number of carbonyl (C=O) groups excluding carboxylic acids is 1. The lowest BCUT2D eigenvalue weighted by molar-refractivity contribution is 0.0549. The number of aromatic nitrogens is 4. The van der Waals surface area contributed by atoms with E-state index >= 15 is 0 Å². The van der Waals surface area contributed by atoms with E-state index in [1.54, 1.807) is 24.7 Å². The molecule has 3 atom stereocenters. The van der Waals surface area contributed by atoms with E-state index in [9.17, 15) is 4.79 Å². The first kappa shape index (κ1) is 16.1. The van der Waals surface area contributed by atoms with Gasteiger partial charge in [-0.15, -0.1) is 0 Å². The maximum absolute atomic E-state index is 12.9. The van der Waals surface area contributed by atoms with Gasteiger partial charge in [-0.3, -0.25) is 14.8 Å². The molecule has 0 aliphatic carbocycles. The molecule has 5 heterocycles. The van der Waals surface area contributed by atoms with Crippen molar-refractivity contribution >= 4 is 5.91 Å². The number of carbonyl (C=O) groups is 1. The first-order chi connectivity index (χ1) is 13.3. The molecule has 7 heteroatoms. The van der Waals surface area contributed by atoms with Crippen LogP contribution in [0.15, 0.2) is 53.4 Å². The zero-order valence-corrected chi connectivity index (χ0v) is 14.7. The normalized spacial score (nSPS) is 24.1. The molecule has 3 aromatic rings. The van der Waals surface area contributed by atoms with Crippen molar-refractivity contribution in [3.63, 3.8) is 0 Å². The van der Waals surface area contributed by atoms with E-state index in [-0.39, 0.29) is 23.9 Å². The Bertz CT molecular complexity index is 929. The first-order valence-electron chi connectivity index (χ1n) is 9.27. The predicted octanol–water partition coefficient (Wildman–Crippen LogP) is 3.08. The van der Waals surface area contributed by atoms with E-state index in [0.29, 0.717) is 17.4 Å². The Morgan fingerprint density at radius 1 is 1.07 bits per heavy atom. The van der Waals surface area contributed by atoms with Gasteiger partial charge in [-0.05, 0) is 49.9 Å². The molecule has 3 aromatic heterocycles. The molecule has 27 heavy (non-hydrogen) atoms. The van der Waals surface area contributed by atoms with Gasteiger partial charge in [-0.25, -0.2) is 0 Å². The summed E-state index contributed by atoms with van der Waals surface area (Å²) in [5.41, 5.74) is 1.36. The highest BCUT2D eigenvalue weighted by Gasteiger charge is 2.45. The summed E-state index contributed by atoms with van der Waals surface area (Å²) in [4.78, 5) is 27.8. The number of nitrogens with zero attached hydrogens (tertiary/aromatic N) is 5. The molecular weight excluding hydrogens is 342 g/mol. The Labute approximate surface area is 156 Å². The van der Waals surface area contributed by atoms with Gasteiger partial charge >= 0.3 is 0 Å². The molecule has 136 valence electrons. The molecule has 7 nitrogen and oxygen atoms in total. The van der Waals surface area contributed by atoms with Crippen LogP contribution in [0.1, 0.15) is 48.0 Å². The smallest absolute Gasteiger partial charge is 0.272 e. The van der Waals surface area contributed by atoms with Crippen LogP contribution in [-0.4, -0.2) is 43.0 Å². The van der Waals surface area contributed by atoms with Gasteiger partial charge in [0.1, 0.15) is 5.69 Å². The van der Waals surface area contributed by atoms with E-state index in [1.807, 2.05) is 29.2 Å². The Kier molecular flexibility index (Phi) is 3.92. The van der Waals surface area contributed by atoms with Gasteiger partial charge in [0, 0.05) is 42.2 Å². The van der Waals surface area contributed by atoms with E-state index in [2.05, 4.69) is 20.1 Å². The third-order valence-electron chi connectivity index (χ3n) is 5.56. The molecule has 0 N–H and O–H groups in total. The third kappa shape index (κ3) is 2.89. The first-order valence-corrected chi connectivity index (χ1v) is 9.27. The molecule has 0 radical (unpaired) electrons. The van der Waals surface area contributed by atoms with Gasteiger partial charge in [0.15, 0.2) is 0 Å². The second-order valence-corrected chi connectivity index (χ2v) is 7.18. The monoisotopic (exact) mass is 361 g/mol. The quantitative estimate of drug-likeness (QED) is 0.713. The molecule has 1 unspecified atom stereocenters. The lowest BCUT2D eigenvalue weighted by Crippen LogP contribution is -2.46. The Hall–Kier alpha value is -3.09. The van der Waals surface area contributed by atoms with E-state index in [4.69, 9.17) is 4.52 Å². The standard InChI is InChI=1S/C20H19N5O2/c26-20(17-5-1-2-9-22-17)25-15-6-7-16(25)11-14(10-15)19-23-18(24-27-19)13-4-3-8-21-12-13/h1-5,8-9,12,14-16H,6-7,10-11H2/t14?,15-,16+. The number of fused-ring (bicyclic) bond motifs is 2. The molecule has 2 fully saturated rings. The Balaban J connectivity index is 1.35. The number of piperidine rings is 1. The number of amides is 1. The molecule has 2 aliphatic rings. The van der Waals surface area contributed by atoms with Crippen LogP contribution in [0.2, 0.25) is 0 Å². The molecule has 0 aromatic carbocycles. The number of pyridine rings is 2. The second-order valence-electron chi connectivity index (χ2n) is 7.18. The van der Waals surface area contributed by atoms with Crippen LogP contribution in [0.5, 0.6) is 0 Å². The summed E-state index contributed by atoms with van der Waals surface area (Å²) in [6.07, 6.45) is 8.85. The average Bonchev–Trinajstić information content (AvgIpc) is 3.32. The maximum atomic E-state index is 12.9. The van der Waals surface area contributed by atoms with Crippen LogP contribution < -0.4 is 0 Å². The minimum atomic E-state index is 0.0307. The molecule has 2 saturated heterocycles. The highest BCUT2D eigenvalue weighted by molar-refractivity contribution is 5.93. The SMILES string of the molecule is O=C(c1ccccn1)N1[C@@H]2CC[C@H]1CC(c1nc(-c3cccnc3)no1)C2. The van der Waals surface area contributed by atoms with E-state index in [0.717, 1.165) is 31.2 Å². The van der Waals surface area contributed by atoms with Crippen molar-refractivity contribution < 1.29 is 9.32 Å². The molecule has 5 rings (SSSR count). The molecule has 2 aliphatic heterocycles. The van der Waals surface area contributed by atoms with Gasteiger partial charge < -0.3 is 9.42 Å². The largest absolute Gasteiger partial charge is 0.339 e. The zero-order valence-electron chi connectivity index (χ0n) is 14.7. The fourth-order valence-electron chi connectivity index (χ4n) is 4.35. The lowest BCUT2D eigenvalue weighted by atomic mass is 9.90. The maximum Gasteiger partial charge on any atom is 0.272 e. The van der Waals surface area contributed by atoms with Gasteiger partial charge in [0.25, 0.3) is 5.91 Å². The fourth-order valence-corrected chi connectivity index (χ4v) is 4.35. The highest BCUT2D eigenvalue weighted by atomic mass is 16.5. The molecule has 2 bridgehead atoms. The Morgan fingerprint density at radius 3 is 2.63 bits per heavy atom. The van der Waals surface area contributed by atoms with Crippen LogP contribution in [0.25, 0.3) is 11.4 Å². The Morgan fingerprint density at radius 2 is 1.93 bits per heavy atom. The summed E-state index contributed by atoms with van der Waals surface area (Å²) < 4.78 is 5.56. The predicted molar refractivity (Wildman–Crippen MR) is 96.7 cm³/mol. The van der Waals surface area contributed by atoms with Crippen molar-refractivity contribution in [2.75, 3.05) is 0 Å². The van der Waals surface area contributed by atoms with Crippen molar-refractivity contribution in [2.45, 2.75) is 43.7 Å². The number of hydrogen-bond donors (Lipinski definition) is 0. The molecule has 0 saturated carbocycles. The average molecular weight is 361 g/mol. The highest BCUT2D eigenvalue weighted by Crippen LogP contribution is 2.43. The van der Waals surface area contributed by atoms with Crippen LogP contribution in [-0.2, 0) is 0 Å². The van der Waals surface area contributed by atoms with Crippen molar-refractivity contribution in [1.29, 1.82) is 0 Å².